The highest BCUT2D eigenvalue weighted by atomic mass is 16.5. The molecule has 0 saturated heterocycles. The molecule has 30 heavy (non-hydrogen) atoms. The van der Waals surface area contributed by atoms with Crippen molar-refractivity contribution in [3.63, 3.8) is 0 Å². The number of benzene rings is 3. The van der Waals surface area contributed by atoms with Crippen molar-refractivity contribution in [1.29, 1.82) is 0 Å². The van der Waals surface area contributed by atoms with E-state index in [9.17, 15) is 24.6 Å². The summed E-state index contributed by atoms with van der Waals surface area (Å²) in [5.74, 6) is -2.24. The summed E-state index contributed by atoms with van der Waals surface area (Å²) in [6.07, 6.45) is 0. The normalized spacial score (nSPS) is 12.6. The van der Waals surface area contributed by atoms with E-state index in [2.05, 4.69) is 0 Å². The summed E-state index contributed by atoms with van der Waals surface area (Å²) in [7, 11) is 1.38. The van der Waals surface area contributed by atoms with Crippen molar-refractivity contribution in [2.75, 3.05) is 20.3 Å². The van der Waals surface area contributed by atoms with Gasteiger partial charge in [0.15, 0.2) is 11.6 Å². The van der Waals surface area contributed by atoms with E-state index in [4.69, 9.17) is 9.47 Å². The molecular weight excluding hydrogens is 388 g/mol. The van der Waals surface area contributed by atoms with Crippen LogP contribution in [0.1, 0.15) is 49.1 Å². The number of methoxy groups -OCH3 is 1. The highest BCUT2D eigenvalue weighted by molar-refractivity contribution is 6.33. The van der Waals surface area contributed by atoms with Gasteiger partial charge in [-0.15, -0.1) is 0 Å². The molecule has 0 aliphatic heterocycles. The Bertz CT molecular complexity index is 1240. The minimum absolute atomic E-state index is 0.0371. The third-order valence-electron chi connectivity index (χ3n) is 5.18. The van der Waals surface area contributed by atoms with Crippen molar-refractivity contribution < 1.29 is 34.1 Å². The molecule has 0 saturated carbocycles. The predicted octanol–water partition coefficient (Wildman–Crippen LogP) is 3.25. The summed E-state index contributed by atoms with van der Waals surface area (Å²) in [5.41, 5.74) is -0.211. The van der Waals surface area contributed by atoms with E-state index in [-0.39, 0.29) is 56.7 Å². The second-order valence-corrected chi connectivity index (χ2v) is 6.81. The fourth-order valence-corrected chi connectivity index (χ4v) is 3.73. The van der Waals surface area contributed by atoms with Crippen molar-refractivity contribution in [3.05, 3.63) is 64.2 Å². The predicted molar refractivity (Wildman–Crippen MR) is 108 cm³/mol. The zero-order valence-electron chi connectivity index (χ0n) is 16.3. The first-order chi connectivity index (χ1) is 14.4. The number of hydrogen-bond donors (Lipinski definition) is 2. The number of carbonyl (C=O) groups is 3. The molecule has 3 aromatic rings. The Hall–Kier alpha value is -3.71. The molecule has 1 aliphatic carbocycles. The van der Waals surface area contributed by atoms with Crippen LogP contribution < -0.4 is 4.74 Å². The fraction of sp³-hybridized carbons (Fsp3) is 0.174. The van der Waals surface area contributed by atoms with Crippen LogP contribution in [0.25, 0.3) is 10.8 Å². The van der Waals surface area contributed by atoms with Gasteiger partial charge < -0.3 is 19.7 Å². The van der Waals surface area contributed by atoms with Crippen molar-refractivity contribution in [2.24, 2.45) is 0 Å². The summed E-state index contributed by atoms with van der Waals surface area (Å²) in [4.78, 5) is 38.6. The van der Waals surface area contributed by atoms with Crippen LogP contribution in [0, 0.1) is 0 Å². The number of hydrogen-bond acceptors (Lipinski definition) is 7. The number of fused-ring (bicyclic) bond motifs is 3. The number of ketones is 3. The summed E-state index contributed by atoms with van der Waals surface area (Å²) in [6, 6.07) is 8.85. The molecule has 0 unspecified atom stereocenters. The number of rotatable bonds is 5. The van der Waals surface area contributed by atoms with Crippen LogP contribution in [0.3, 0.4) is 0 Å². The van der Waals surface area contributed by atoms with Crippen LogP contribution in [0.15, 0.2) is 36.4 Å². The number of phenols is 2. The van der Waals surface area contributed by atoms with Crippen LogP contribution in [0.2, 0.25) is 0 Å². The number of Topliss-reactive ketones (excluding diaryl/α,β-unsaturated/α-hetero) is 1. The minimum Gasteiger partial charge on any atom is -0.506 e. The van der Waals surface area contributed by atoms with Gasteiger partial charge in [-0.3, -0.25) is 14.4 Å². The maximum atomic E-state index is 13.2. The molecule has 3 aromatic carbocycles. The van der Waals surface area contributed by atoms with Crippen LogP contribution in [0.4, 0.5) is 0 Å². The lowest BCUT2D eigenvalue weighted by Gasteiger charge is -2.22. The Morgan fingerprint density at radius 2 is 1.63 bits per heavy atom. The van der Waals surface area contributed by atoms with Gasteiger partial charge in [-0.05, 0) is 25.1 Å². The zero-order chi connectivity index (χ0) is 21.6. The largest absolute Gasteiger partial charge is 0.506 e. The molecule has 0 atom stereocenters. The van der Waals surface area contributed by atoms with Gasteiger partial charge >= 0.3 is 0 Å². The standard InChI is InChI=1S/C23H18O7/c1-3-30-10-15(24)11-7-8-12-14(9-11)22(27)18-19(20(12)25)23(28)17-13(21(18)26)5-4-6-16(17)29-2/h4-9,25,27H,3,10H2,1-2H3. The quantitative estimate of drug-likeness (QED) is 0.387. The summed E-state index contributed by atoms with van der Waals surface area (Å²) in [6.45, 7) is 2.00. The van der Waals surface area contributed by atoms with Gasteiger partial charge in [-0.25, -0.2) is 0 Å². The Morgan fingerprint density at radius 3 is 2.33 bits per heavy atom. The van der Waals surface area contributed by atoms with Gasteiger partial charge in [0, 0.05) is 28.5 Å². The van der Waals surface area contributed by atoms with Gasteiger partial charge in [0.05, 0.1) is 23.8 Å². The van der Waals surface area contributed by atoms with E-state index in [0.29, 0.717) is 6.61 Å². The van der Waals surface area contributed by atoms with Gasteiger partial charge in [0.1, 0.15) is 23.9 Å². The summed E-state index contributed by atoms with van der Waals surface area (Å²) >= 11 is 0. The number of phenolic OH excluding ortho intramolecular Hbond substituents is 2. The minimum atomic E-state index is -0.622. The van der Waals surface area contributed by atoms with Crippen molar-refractivity contribution in [3.8, 4) is 17.2 Å². The van der Waals surface area contributed by atoms with Crippen molar-refractivity contribution in [1.82, 2.24) is 0 Å². The van der Waals surface area contributed by atoms with E-state index in [1.165, 1.54) is 31.4 Å². The highest BCUT2D eigenvalue weighted by Crippen LogP contribution is 2.45. The van der Waals surface area contributed by atoms with Crippen LogP contribution in [-0.2, 0) is 4.74 Å². The second-order valence-electron chi connectivity index (χ2n) is 6.81. The molecule has 0 radical (unpaired) electrons. The van der Waals surface area contributed by atoms with E-state index in [1.807, 2.05) is 0 Å². The Kier molecular flexibility index (Phi) is 4.75. The number of ether oxygens (including phenoxy) is 2. The number of aromatic hydroxyl groups is 2. The van der Waals surface area contributed by atoms with Crippen LogP contribution in [-0.4, -0.2) is 47.9 Å². The smallest absolute Gasteiger partial charge is 0.202 e. The summed E-state index contributed by atoms with van der Waals surface area (Å²) < 4.78 is 10.3. The molecule has 0 heterocycles. The van der Waals surface area contributed by atoms with Gasteiger partial charge in [-0.2, -0.15) is 0 Å². The van der Waals surface area contributed by atoms with Crippen molar-refractivity contribution >= 4 is 28.1 Å². The molecule has 0 bridgehead atoms. The maximum absolute atomic E-state index is 13.2. The monoisotopic (exact) mass is 406 g/mol. The first-order valence-corrected chi connectivity index (χ1v) is 9.29. The molecule has 0 spiro atoms. The fourth-order valence-electron chi connectivity index (χ4n) is 3.73. The molecule has 2 N–H and O–H groups in total. The molecule has 1 aliphatic rings. The Labute approximate surface area is 171 Å². The number of carbonyl (C=O) groups excluding carboxylic acids is 3. The van der Waals surface area contributed by atoms with Gasteiger partial charge in [0.25, 0.3) is 0 Å². The third-order valence-corrected chi connectivity index (χ3v) is 5.18. The Morgan fingerprint density at radius 1 is 0.933 bits per heavy atom. The maximum Gasteiger partial charge on any atom is 0.202 e. The topological polar surface area (TPSA) is 110 Å². The average Bonchev–Trinajstić information content (AvgIpc) is 2.77. The molecule has 7 nitrogen and oxygen atoms in total. The molecule has 0 amide bonds. The molecule has 0 aromatic heterocycles. The lowest BCUT2D eigenvalue weighted by molar-refractivity contribution is 0.0783. The van der Waals surface area contributed by atoms with E-state index >= 15 is 0 Å². The van der Waals surface area contributed by atoms with Gasteiger partial charge in [0.2, 0.25) is 5.78 Å². The van der Waals surface area contributed by atoms with Crippen LogP contribution >= 0.6 is 0 Å². The van der Waals surface area contributed by atoms with E-state index < -0.39 is 23.1 Å². The lowest BCUT2D eigenvalue weighted by Crippen LogP contribution is -2.22. The molecule has 0 fully saturated rings. The zero-order valence-corrected chi connectivity index (χ0v) is 16.3. The third kappa shape index (κ3) is 2.74. The molecule has 4 rings (SSSR count). The second kappa shape index (κ2) is 7.27. The SMILES string of the molecule is CCOCC(=O)c1ccc2c(O)c3c(c(O)c2c1)C(=O)c1cccc(OC)c1C3=O. The first kappa shape index (κ1) is 19.6. The molecule has 7 heteroatoms. The van der Waals surface area contributed by atoms with Crippen LogP contribution in [0.5, 0.6) is 17.2 Å². The van der Waals surface area contributed by atoms with Crippen molar-refractivity contribution in [2.45, 2.75) is 6.92 Å². The van der Waals surface area contributed by atoms with Gasteiger partial charge in [-0.1, -0.05) is 18.2 Å². The molecule has 152 valence electrons. The van der Waals surface area contributed by atoms with E-state index in [0.717, 1.165) is 0 Å². The first-order valence-electron chi connectivity index (χ1n) is 9.29. The van der Waals surface area contributed by atoms with E-state index in [1.54, 1.807) is 19.1 Å². The molecular formula is C23H18O7. The lowest BCUT2D eigenvalue weighted by atomic mass is 9.80. The summed E-state index contributed by atoms with van der Waals surface area (Å²) in [5, 5.41) is 22.0. The Balaban J connectivity index is 1.97. The highest BCUT2D eigenvalue weighted by Gasteiger charge is 2.38. The average molecular weight is 406 g/mol.